The van der Waals surface area contributed by atoms with Crippen molar-refractivity contribution in [2.45, 2.75) is 55.9 Å². The van der Waals surface area contributed by atoms with Crippen molar-refractivity contribution in [1.82, 2.24) is 9.78 Å². The van der Waals surface area contributed by atoms with Gasteiger partial charge in [0.15, 0.2) is 9.84 Å². The summed E-state index contributed by atoms with van der Waals surface area (Å²) in [5.41, 5.74) is 0.227. The molecule has 4 nitrogen and oxygen atoms in total. The van der Waals surface area contributed by atoms with E-state index in [1.165, 1.54) is 19.4 Å². The summed E-state index contributed by atoms with van der Waals surface area (Å²) in [5.74, 6) is -0.753. The number of halogens is 4. The molecular formula is C18H22F4N2O2S. The molecule has 1 aromatic rings. The van der Waals surface area contributed by atoms with Gasteiger partial charge in [0.1, 0.15) is 5.69 Å². The maximum atomic E-state index is 13.7. The zero-order valence-electron chi connectivity index (χ0n) is 15.2. The molecule has 2 aliphatic carbocycles. The van der Waals surface area contributed by atoms with E-state index in [1.807, 2.05) is 0 Å². The van der Waals surface area contributed by atoms with E-state index in [0.717, 1.165) is 4.68 Å². The third-order valence-corrected chi connectivity index (χ3v) is 7.03. The topological polar surface area (TPSA) is 52.0 Å². The van der Waals surface area contributed by atoms with Gasteiger partial charge in [-0.3, -0.25) is 4.68 Å². The number of rotatable bonds is 3. The van der Waals surface area contributed by atoms with Crippen LogP contribution in [0.1, 0.15) is 61.4 Å². The number of aryl methyl sites for hydroxylation is 1. The van der Waals surface area contributed by atoms with Crippen LogP contribution in [0.25, 0.3) is 5.57 Å². The molecule has 0 saturated carbocycles. The Kier molecular flexibility index (Phi) is 5.26. The summed E-state index contributed by atoms with van der Waals surface area (Å²) in [4.78, 5) is 0. The van der Waals surface area contributed by atoms with Gasteiger partial charge in [-0.25, -0.2) is 12.8 Å². The lowest BCUT2D eigenvalue weighted by atomic mass is 9.83. The maximum absolute atomic E-state index is 13.7. The quantitative estimate of drug-likeness (QED) is 0.693. The number of nitrogens with zero attached hydrogens (tertiary/aromatic N) is 2. The first-order valence-electron chi connectivity index (χ1n) is 8.85. The third-order valence-electron chi connectivity index (χ3n) is 5.39. The summed E-state index contributed by atoms with van der Waals surface area (Å²) in [5, 5.41) is 3.63. The minimum absolute atomic E-state index is 0.109. The van der Waals surface area contributed by atoms with Crippen LogP contribution in [-0.4, -0.2) is 29.7 Å². The van der Waals surface area contributed by atoms with Crippen LogP contribution in [0.15, 0.2) is 18.0 Å². The van der Waals surface area contributed by atoms with Gasteiger partial charge in [0.05, 0.1) is 16.8 Å². The Morgan fingerprint density at radius 1 is 1.15 bits per heavy atom. The lowest BCUT2D eigenvalue weighted by Crippen LogP contribution is -2.22. The van der Waals surface area contributed by atoms with Gasteiger partial charge >= 0.3 is 6.18 Å². The summed E-state index contributed by atoms with van der Waals surface area (Å²) < 4.78 is 78.7. The van der Waals surface area contributed by atoms with Crippen LogP contribution in [0.3, 0.4) is 0 Å². The van der Waals surface area contributed by atoms with E-state index in [1.54, 1.807) is 6.08 Å². The van der Waals surface area contributed by atoms with Crippen molar-refractivity contribution in [1.29, 1.82) is 0 Å². The highest BCUT2D eigenvalue weighted by atomic mass is 32.2. The van der Waals surface area contributed by atoms with Crippen molar-refractivity contribution in [2.75, 3.05) is 6.26 Å². The number of allylic oxidation sites excluding steroid dienone is 4. The molecule has 0 aliphatic heterocycles. The molecule has 1 aromatic heterocycles. The molecular weight excluding hydrogens is 384 g/mol. The monoisotopic (exact) mass is 406 g/mol. The molecule has 0 radical (unpaired) electrons. The van der Waals surface area contributed by atoms with Crippen molar-refractivity contribution >= 4 is 15.4 Å². The molecule has 0 bridgehead atoms. The highest BCUT2D eigenvalue weighted by Crippen LogP contribution is 2.44. The van der Waals surface area contributed by atoms with Crippen LogP contribution < -0.4 is 0 Å². The first-order valence-corrected chi connectivity index (χ1v) is 10.8. The van der Waals surface area contributed by atoms with Gasteiger partial charge in [0, 0.05) is 18.9 Å². The average Bonchev–Trinajstić information content (AvgIpc) is 2.92. The van der Waals surface area contributed by atoms with E-state index < -0.39 is 32.9 Å². The number of hydrogen-bond acceptors (Lipinski definition) is 3. The van der Waals surface area contributed by atoms with Crippen molar-refractivity contribution in [3.8, 4) is 0 Å². The third kappa shape index (κ3) is 4.12. The normalized spacial score (nSPS) is 24.5. The standard InChI is InChI=1S/C18H22F4N2O2S/c1-24-17(18(20,21)22)15(11-3-7-13(19)8-4-11)16(23-24)12-5-9-14(10-6-12)27(2,25)26/h5,7,11,14H,3-4,6,8-10H2,1-2H3. The fourth-order valence-electron chi connectivity index (χ4n) is 3.98. The number of hydrogen-bond donors (Lipinski definition) is 0. The molecule has 2 atom stereocenters. The molecule has 0 aromatic carbocycles. The van der Waals surface area contributed by atoms with Crippen LogP contribution in [0.5, 0.6) is 0 Å². The Labute approximate surface area is 155 Å². The first kappa shape index (κ1) is 20.1. The number of alkyl halides is 3. The smallest absolute Gasteiger partial charge is 0.263 e. The van der Waals surface area contributed by atoms with Gasteiger partial charge in [-0.05, 0) is 50.0 Å². The van der Waals surface area contributed by atoms with Crippen LogP contribution >= 0.6 is 0 Å². The molecule has 0 saturated heterocycles. The molecule has 0 amide bonds. The summed E-state index contributed by atoms with van der Waals surface area (Å²) in [6, 6.07) is 0. The molecule has 150 valence electrons. The van der Waals surface area contributed by atoms with E-state index in [9.17, 15) is 26.0 Å². The zero-order chi connectivity index (χ0) is 20.0. The van der Waals surface area contributed by atoms with Crippen molar-refractivity contribution in [3.05, 3.63) is 34.9 Å². The Balaban J connectivity index is 2.05. The maximum Gasteiger partial charge on any atom is 0.433 e. The SMILES string of the molecule is Cn1nc(C2=CCC(S(C)(=O)=O)CC2)c(C2CC=C(F)CC2)c1C(F)(F)F. The average molecular weight is 406 g/mol. The highest BCUT2D eigenvalue weighted by Gasteiger charge is 2.42. The minimum Gasteiger partial charge on any atom is -0.263 e. The van der Waals surface area contributed by atoms with E-state index in [-0.39, 0.29) is 36.3 Å². The van der Waals surface area contributed by atoms with Gasteiger partial charge in [0.25, 0.3) is 0 Å². The molecule has 0 spiro atoms. The fourth-order valence-corrected chi connectivity index (χ4v) is 4.97. The molecule has 0 N–H and O–H groups in total. The van der Waals surface area contributed by atoms with E-state index >= 15 is 0 Å². The Morgan fingerprint density at radius 2 is 1.85 bits per heavy atom. The highest BCUT2D eigenvalue weighted by molar-refractivity contribution is 7.91. The van der Waals surface area contributed by atoms with Gasteiger partial charge in [0.2, 0.25) is 0 Å². The summed E-state index contributed by atoms with van der Waals surface area (Å²) in [7, 11) is -1.93. The number of sulfone groups is 1. The lowest BCUT2D eigenvalue weighted by Gasteiger charge is -2.24. The Bertz CT molecular complexity index is 897. The van der Waals surface area contributed by atoms with Crippen LogP contribution in [0.4, 0.5) is 17.6 Å². The second-order valence-electron chi connectivity index (χ2n) is 7.31. The number of aromatic nitrogens is 2. The lowest BCUT2D eigenvalue weighted by molar-refractivity contribution is -0.144. The molecule has 27 heavy (non-hydrogen) atoms. The summed E-state index contributed by atoms with van der Waals surface area (Å²) in [6.45, 7) is 0. The van der Waals surface area contributed by atoms with Crippen molar-refractivity contribution in [3.63, 3.8) is 0 Å². The second kappa shape index (κ2) is 7.07. The van der Waals surface area contributed by atoms with Crippen LogP contribution in [0.2, 0.25) is 0 Å². The minimum atomic E-state index is -4.57. The zero-order valence-corrected chi connectivity index (χ0v) is 16.0. The van der Waals surface area contributed by atoms with Crippen molar-refractivity contribution in [2.24, 2.45) is 7.05 Å². The molecule has 1 heterocycles. The molecule has 9 heteroatoms. The fraction of sp³-hybridized carbons (Fsp3) is 0.611. The van der Waals surface area contributed by atoms with Crippen molar-refractivity contribution < 1.29 is 26.0 Å². The Hall–Kier alpha value is -1.64. The van der Waals surface area contributed by atoms with Crippen LogP contribution in [0, 0.1) is 0 Å². The van der Waals surface area contributed by atoms with Crippen LogP contribution in [-0.2, 0) is 23.1 Å². The predicted molar refractivity (Wildman–Crippen MR) is 94.5 cm³/mol. The van der Waals surface area contributed by atoms with E-state index in [0.29, 0.717) is 24.8 Å². The predicted octanol–water partition coefficient (Wildman–Crippen LogP) is 4.54. The van der Waals surface area contributed by atoms with E-state index in [4.69, 9.17) is 0 Å². The summed E-state index contributed by atoms with van der Waals surface area (Å²) >= 11 is 0. The molecule has 3 rings (SSSR count). The molecule has 0 fully saturated rings. The van der Waals surface area contributed by atoms with Gasteiger partial charge < -0.3 is 0 Å². The Morgan fingerprint density at radius 3 is 2.33 bits per heavy atom. The largest absolute Gasteiger partial charge is 0.433 e. The van der Waals surface area contributed by atoms with E-state index in [2.05, 4.69) is 5.10 Å². The molecule has 2 unspecified atom stereocenters. The van der Waals surface area contributed by atoms with Gasteiger partial charge in [-0.1, -0.05) is 12.2 Å². The van der Waals surface area contributed by atoms with Gasteiger partial charge in [-0.15, -0.1) is 0 Å². The summed E-state index contributed by atoms with van der Waals surface area (Å²) in [6.07, 6.45) is 1.25. The second-order valence-corrected chi connectivity index (χ2v) is 9.64. The van der Waals surface area contributed by atoms with Gasteiger partial charge in [-0.2, -0.15) is 18.3 Å². The first-order chi connectivity index (χ1) is 12.5. The molecule has 2 aliphatic rings.